The fourth-order valence-electron chi connectivity index (χ4n) is 3.54. The second-order valence-electron chi connectivity index (χ2n) is 7.11. The molecular formula is C21H23N5O2S. The van der Waals surface area contributed by atoms with Gasteiger partial charge in [0.2, 0.25) is 0 Å². The predicted octanol–water partition coefficient (Wildman–Crippen LogP) is 4.03. The summed E-state index contributed by atoms with van der Waals surface area (Å²) in [5.74, 6) is 1.03. The van der Waals surface area contributed by atoms with Gasteiger partial charge in [0.15, 0.2) is 28.1 Å². The molecule has 3 aromatic rings. The van der Waals surface area contributed by atoms with Crippen LogP contribution in [0.3, 0.4) is 0 Å². The van der Waals surface area contributed by atoms with Gasteiger partial charge >= 0.3 is 0 Å². The Morgan fingerprint density at radius 1 is 1.14 bits per heavy atom. The third-order valence-electron chi connectivity index (χ3n) is 5.06. The van der Waals surface area contributed by atoms with Crippen LogP contribution in [-0.2, 0) is 0 Å². The topological polar surface area (TPSA) is 92.2 Å². The van der Waals surface area contributed by atoms with Gasteiger partial charge in [-0.05, 0) is 55.4 Å². The van der Waals surface area contributed by atoms with E-state index < -0.39 is 0 Å². The van der Waals surface area contributed by atoms with E-state index in [1.54, 1.807) is 24.4 Å². The average molecular weight is 410 g/mol. The Morgan fingerprint density at radius 2 is 1.97 bits per heavy atom. The van der Waals surface area contributed by atoms with Crippen molar-refractivity contribution in [2.24, 2.45) is 0 Å². The zero-order valence-electron chi connectivity index (χ0n) is 16.2. The molecule has 150 valence electrons. The Hall–Kier alpha value is -3.00. The van der Waals surface area contributed by atoms with Crippen LogP contribution in [-0.4, -0.2) is 38.3 Å². The number of hydrogen-bond donors (Lipinski definition) is 3. The fourth-order valence-corrected chi connectivity index (χ4v) is 3.81. The smallest absolute Gasteiger partial charge is 0.180 e. The number of benzene rings is 1. The van der Waals surface area contributed by atoms with Crippen LogP contribution >= 0.6 is 12.2 Å². The molecule has 0 unspecified atom stereocenters. The molecule has 1 fully saturated rings. The lowest BCUT2D eigenvalue weighted by Crippen LogP contribution is -2.39. The van der Waals surface area contributed by atoms with Crippen LogP contribution in [0.5, 0.6) is 11.5 Å². The van der Waals surface area contributed by atoms with Crippen LogP contribution < -0.4 is 15.4 Å². The first kappa shape index (κ1) is 19.3. The van der Waals surface area contributed by atoms with Crippen LogP contribution in [0.25, 0.3) is 22.4 Å². The maximum atomic E-state index is 9.80. The van der Waals surface area contributed by atoms with Crippen LogP contribution in [0, 0.1) is 0 Å². The average Bonchev–Trinajstić information content (AvgIpc) is 2.74. The number of phenols is 1. The molecule has 1 saturated carbocycles. The molecular weight excluding hydrogens is 386 g/mol. The van der Waals surface area contributed by atoms with Gasteiger partial charge < -0.3 is 20.5 Å². The standard InChI is InChI=1S/C21H23N5O2S/c1-28-18-11-13(7-10-17(18)27)15-8-9-16-20(24-15)25-19(12-22-16)26-21(29)23-14-5-3-2-4-6-14/h7-12,14,27H,2-6H2,1H3,(H2,23,24,25,26,29). The summed E-state index contributed by atoms with van der Waals surface area (Å²) in [6.45, 7) is 0. The van der Waals surface area contributed by atoms with E-state index in [1.807, 2.05) is 12.1 Å². The van der Waals surface area contributed by atoms with E-state index in [4.69, 9.17) is 17.0 Å². The first-order chi connectivity index (χ1) is 14.1. The van der Waals surface area contributed by atoms with Crippen molar-refractivity contribution < 1.29 is 9.84 Å². The molecule has 0 spiro atoms. The molecule has 4 rings (SSSR count). The highest BCUT2D eigenvalue weighted by Crippen LogP contribution is 2.31. The number of fused-ring (bicyclic) bond motifs is 1. The van der Waals surface area contributed by atoms with Crippen molar-refractivity contribution in [2.75, 3.05) is 12.4 Å². The van der Waals surface area contributed by atoms with E-state index >= 15 is 0 Å². The summed E-state index contributed by atoms with van der Waals surface area (Å²) in [6, 6.07) is 9.26. The summed E-state index contributed by atoms with van der Waals surface area (Å²) in [4.78, 5) is 13.6. The number of anilines is 1. The molecule has 0 aliphatic heterocycles. The minimum absolute atomic E-state index is 0.0855. The monoisotopic (exact) mass is 409 g/mol. The number of aromatic hydroxyl groups is 1. The van der Waals surface area contributed by atoms with Gasteiger partial charge in [0.05, 0.1) is 19.0 Å². The Morgan fingerprint density at radius 3 is 2.76 bits per heavy atom. The van der Waals surface area contributed by atoms with Gasteiger partial charge in [-0.1, -0.05) is 19.3 Å². The lowest BCUT2D eigenvalue weighted by molar-refractivity contribution is 0.373. The van der Waals surface area contributed by atoms with Gasteiger partial charge in [-0.15, -0.1) is 0 Å². The Kier molecular flexibility index (Phi) is 5.71. The van der Waals surface area contributed by atoms with E-state index in [-0.39, 0.29) is 5.75 Å². The number of aromatic nitrogens is 3. The van der Waals surface area contributed by atoms with Gasteiger partial charge in [-0.3, -0.25) is 0 Å². The van der Waals surface area contributed by atoms with Crippen LogP contribution in [0.1, 0.15) is 32.1 Å². The minimum Gasteiger partial charge on any atom is -0.504 e. The van der Waals surface area contributed by atoms with Crippen LogP contribution in [0.4, 0.5) is 5.82 Å². The third-order valence-corrected chi connectivity index (χ3v) is 5.28. The summed E-state index contributed by atoms with van der Waals surface area (Å²) in [6.07, 6.45) is 7.73. The van der Waals surface area contributed by atoms with Gasteiger partial charge in [0, 0.05) is 11.6 Å². The third kappa shape index (κ3) is 4.54. The summed E-state index contributed by atoms with van der Waals surface area (Å²) in [5, 5.41) is 16.8. The Bertz CT molecular complexity index is 1040. The second-order valence-corrected chi connectivity index (χ2v) is 7.52. The molecule has 2 aromatic heterocycles. The van der Waals surface area contributed by atoms with Crippen molar-refractivity contribution in [3.05, 3.63) is 36.5 Å². The zero-order chi connectivity index (χ0) is 20.2. The Labute approximate surface area is 174 Å². The van der Waals surface area contributed by atoms with Crippen LogP contribution in [0.15, 0.2) is 36.5 Å². The molecule has 0 radical (unpaired) electrons. The van der Waals surface area contributed by atoms with Crippen molar-refractivity contribution >= 4 is 34.3 Å². The minimum atomic E-state index is 0.0855. The largest absolute Gasteiger partial charge is 0.504 e. The summed E-state index contributed by atoms with van der Waals surface area (Å²) >= 11 is 5.43. The first-order valence-electron chi connectivity index (χ1n) is 9.71. The molecule has 1 aliphatic carbocycles. The maximum Gasteiger partial charge on any atom is 0.180 e. The number of rotatable bonds is 4. The normalized spacial score (nSPS) is 14.5. The zero-order valence-corrected chi connectivity index (χ0v) is 17.0. The molecule has 0 amide bonds. The van der Waals surface area contributed by atoms with E-state index in [9.17, 15) is 5.11 Å². The number of methoxy groups -OCH3 is 1. The van der Waals surface area contributed by atoms with E-state index in [0.29, 0.717) is 39.6 Å². The van der Waals surface area contributed by atoms with Gasteiger partial charge in [-0.2, -0.15) is 0 Å². The van der Waals surface area contributed by atoms with E-state index in [0.717, 1.165) is 18.4 Å². The lowest BCUT2D eigenvalue weighted by atomic mass is 9.96. The summed E-state index contributed by atoms with van der Waals surface area (Å²) < 4.78 is 5.18. The molecule has 2 heterocycles. The number of ether oxygens (including phenoxy) is 1. The molecule has 8 heteroatoms. The highest BCUT2D eigenvalue weighted by Gasteiger charge is 2.14. The van der Waals surface area contributed by atoms with Gasteiger partial charge in [0.1, 0.15) is 5.52 Å². The molecule has 0 saturated heterocycles. The van der Waals surface area contributed by atoms with Crippen molar-refractivity contribution in [1.82, 2.24) is 20.3 Å². The number of hydrogen-bond acceptors (Lipinski definition) is 6. The first-order valence-corrected chi connectivity index (χ1v) is 10.1. The number of nitrogens with one attached hydrogen (secondary N) is 2. The SMILES string of the molecule is COc1cc(-c2ccc3ncc(NC(=S)NC4CCCCC4)nc3n2)ccc1O. The fraction of sp³-hybridized carbons (Fsp3) is 0.333. The summed E-state index contributed by atoms with van der Waals surface area (Å²) in [5.41, 5.74) is 2.73. The Balaban J connectivity index is 1.54. The highest BCUT2D eigenvalue weighted by molar-refractivity contribution is 7.80. The number of pyridine rings is 1. The molecule has 0 bridgehead atoms. The lowest BCUT2D eigenvalue weighted by Gasteiger charge is -2.24. The second kappa shape index (κ2) is 8.57. The molecule has 1 aliphatic rings. The molecule has 0 atom stereocenters. The molecule has 7 nitrogen and oxygen atoms in total. The number of thiocarbonyl (C=S) groups is 1. The molecule has 29 heavy (non-hydrogen) atoms. The van der Waals surface area contributed by atoms with Gasteiger partial charge in [0.25, 0.3) is 0 Å². The van der Waals surface area contributed by atoms with Crippen molar-refractivity contribution in [1.29, 1.82) is 0 Å². The van der Waals surface area contributed by atoms with Gasteiger partial charge in [-0.25, -0.2) is 15.0 Å². The highest BCUT2D eigenvalue weighted by atomic mass is 32.1. The van der Waals surface area contributed by atoms with Crippen molar-refractivity contribution in [3.8, 4) is 22.8 Å². The van der Waals surface area contributed by atoms with E-state index in [1.165, 1.54) is 26.4 Å². The van der Waals surface area contributed by atoms with Crippen LogP contribution in [0.2, 0.25) is 0 Å². The number of nitrogens with zero attached hydrogens (tertiary/aromatic N) is 3. The van der Waals surface area contributed by atoms with Crippen molar-refractivity contribution in [3.63, 3.8) is 0 Å². The molecule has 1 aromatic carbocycles. The quantitative estimate of drug-likeness (QED) is 0.557. The predicted molar refractivity (Wildman–Crippen MR) is 117 cm³/mol. The summed E-state index contributed by atoms with van der Waals surface area (Å²) in [7, 11) is 1.51. The molecule has 3 N–H and O–H groups in total. The van der Waals surface area contributed by atoms with E-state index in [2.05, 4.69) is 25.6 Å². The maximum absolute atomic E-state index is 9.80. The number of phenolic OH excluding ortho intramolecular Hbond substituents is 1. The van der Waals surface area contributed by atoms with Crippen molar-refractivity contribution in [2.45, 2.75) is 38.1 Å².